The lowest BCUT2D eigenvalue weighted by molar-refractivity contribution is -0.118. The Morgan fingerprint density at radius 2 is 1.41 bits per heavy atom. The Hall–Kier alpha value is -2.77. The Morgan fingerprint density at radius 3 is 2.07 bits per heavy atom. The molecule has 0 aliphatic carbocycles. The smallest absolute Gasteiger partial charge is 0.227 e. The minimum Gasteiger partial charge on any atom is -0.307 e. The van der Waals surface area contributed by atoms with Crippen molar-refractivity contribution in [3.05, 3.63) is 80.7 Å². The van der Waals surface area contributed by atoms with Gasteiger partial charge in [0.1, 0.15) is 11.4 Å². The monoisotopic (exact) mass is 718 g/mol. The Morgan fingerprint density at radius 1 is 0.795 bits per heavy atom. The second-order valence-corrected chi connectivity index (χ2v) is 14.8. The number of nitrogens with zero attached hydrogens (tertiary/aromatic N) is 4. The van der Waals surface area contributed by atoms with Crippen LogP contribution in [0.15, 0.2) is 69.6 Å². The van der Waals surface area contributed by atoms with E-state index >= 15 is 0 Å². The fraction of sp³-hybridized carbons (Fsp3) is 0.432. The van der Waals surface area contributed by atoms with Crippen LogP contribution in [0.4, 0.5) is 5.69 Å². The molecule has 5 rings (SSSR count). The zero-order valence-corrected chi connectivity index (χ0v) is 29.7. The minimum atomic E-state index is 0.0607. The highest BCUT2D eigenvalue weighted by atomic mass is 79.9. The van der Waals surface area contributed by atoms with E-state index in [9.17, 15) is 4.79 Å². The highest BCUT2D eigenvalue weighted by Crippen LogP contribution is 2.43. The summed E-state index contributed by atoms with van der Waals surface area (Å²) in [6.07, 6.45) is 11.6. The molecule has 0 radical (unpaired) electrons. The van der Waals surface area contributed by atoms with E-state index in [1.807, 2.05) is 21.7 Å². The first-order chi connectivity index (χ1) is 21.2. The van der Waals surface area contributed by atoms with Crippen molar-refractivity contribution in [2.24, 2.45) is 0 Å². The van der Waals surface area contributed by atoms with E-state index in [4.69, 9.17) is 10.3 Å². The van der Waals surface area contributed by atoms with E-state index in [0.29, 0.717) is 13.0 Å². The van der Waals surface area contributed by atoms with E-state index < -0.39 is 0 Å². The van der Waals surface area contributed by atoms with Gasteiger partial charge in [0, 0.05) is 26.5 Å². The van der Waals surface area contributed by atoms with Crippen LogP contribution < -0.4 is 4.90 Å². The predicted octanol–water partition coefficient (Wildman–Crippen LogP) is 11.2. The molecule has 4 aromatic rings. The zero-order valence-electron chi connectivity index (χ0n) is 26.5. The van der Waals surface area contributed by atoms with Crippen LogP contribution in [0.3, 0.4) is 0 Å². The van der Waals surface area contributed by atoms with Gasteiger partial charge in [-0.1, -0.05) is 134 Å². The number of hydrogen-bond donors (Lipinski definition) is 0. The third-order valence-corrected chi connectivity index (χ3v) is 9.59. The normalized spacial score (nSPS) is 12.7. The molecule has 7 heteroatoms. The largest absolute Gasteiger partial charge is 0.307 e. The Balaban J connectivity index is 1.47. The van der Waals surface area contributed by atoms with E-state index in [-0.39, 0.29) is 11.3 Å². The maximum absolute atomic E-state index is 13.9. The molecule has 1 aromatic heterocycles. The molecule has 1 amide bonds. The molecule has 0 atom stereocenters. The van der Waals surface area contributed by atoms with Crippen molar-refractivity contribution in [3.8, 4) is 28.2 Å². The van der Waals surface area contributed by atoms with Crippen LogP contribution in [0.25, 0.3) is 28.2 Å². The molecule has 0 saturated heterocycles. The van der Waals surface area contributed by atoms with Gasteiger partial charge < -0.3 is 4.90 Å². The summed E-state index contributed by atoms with van der Waals surface area (Å²) >= 11 is 7.37. The molecule has 0 fully saturated rings. The van der Waals surface area contributed by atoms with Crippen molar-refractivity contribution in [2.45, 2.75) is 104 Å². The van der Waals surface area contributed by atoms with Crippen molar-refractivity contribution in [2.75, 3.05) is 4.90 Å². The third-order valence-electron chi connectivity index (χ3n) is 8.60. The molecule has 44 heavy (non-hydrogen) atoms. The number of benzene rings is 3. The lowest BCUT2D eigenvalue weighted by Crippen LogP contribution is -2.31. The number of rotatable bonds is 11. The van der Waals surface area contributed by atoms with Crippen LogP contribution >= 0.6 is 31.9 Å². The van der Waals surface area contributed by atoms with E-state index in [0.717, 1.165) is 61.2 Å². The summed E-state index contributed by atoms with van der Waals surface area (Å²) in [5, 5.41) is 9.46. The van der Waals surface area contributed by atoms with Gasteiger partial charge in [0.2, 0.25) is 5.91 Å². The maximum atomic E-state index is 13.9. The maximum Gasteiger partial charge on any atom is 0.227 e. The average molecular weight is 721 g/mol. The summed E-state index contributed by atoms with van der Waals surface area (Å²) in [7, 11) is 0. The van der Waals surface area contributed by atoms with Crippen molar-refractivity contribution in [1.29, 1.82) is 0 Å². The van der Waals surface area contributed by atoms with Gasteiger partial charge in [-0.3, -0.25) is 4.79 Å². The van der Waals surface area contributed by atoms with Gasteiger partial charge in [-0.25, -0.2) is 4.68 Å². The van der Waals surface area contributed by atoms with E-state index in [2.05, 4.69) is 108 Å². The molecule has 1 aliphatic heterocycles. The van der Waals surface area contributed by atoms with Gasteiger partial charge >= 0.3 is 0 Å². The summed E-state index contributed by atoms with van der Waals surface area (Å²) in [4.78, 5) is 15.9. The van der Waals surface area contributed by atoms with Crippen molar-refractivity contribution in [1.82, 2.24) is 15.0 Å². The van der Waals surface area contributed by atoms with Crippen LogP contribution in [-0.2, 0) is 16.8 Å². The lowest BCUT2D eigenvalue weighted by atomic mass is 9.87. The zero-order chi connectivity index (χ0) is 31.3. The van der Waals surface area contributed by atoms with Gasteiger partial charge in [0.15, 0.2) is 0 Å². The molecular weight excluding hydrogens is 676 g/mol. The van der Waals surface area contributed by atoms with Crippen LogP contribution in [0, 0.1) is 0 Å². The Kier molecular flexibility index (Phi) is 10.8. The topological polar surface area (TPSA) is 51.0 Å². The highest BCUT2D eigenvalue weighted by Gasteiger charge is 2.30. The molecule has 0 N–H and O–H groups in total. The lowest BCUT2D eigenvalue weighted by Gasteiger charge is -2.29. The van der Waals surface area contributed by atoms with E-state index in [1.54, 1.807) is 0 Å². The second kappa shape index (κ2) is 14.6. The third kappa shape index (κ3) is 7.54. The number of fused-ring (bicyclic) bond motifs is 5. The number of hydrogen-bond acceptors (Lipinski definition) is 3. The predicted molar refractivity (Wildman–Crippen MR) is 189 cm³/mol. The molecular formula is C37H44Br2N4O. The van der Waals surface area contributed by atoms with Crippen LogP contribution in [-0.4, -0.2) is 20.9 Å². The molecule has 0 spiro atoms. The van der Waals surface area contributed by atoms with Gasteiger partial charge in [-0.2, -0.15) is 0 Å². The van der Waals surface area contributed by atoms with Gasteiger partial charge in [0.25, 0.3) is 0 Å². The van der Waals surface area contributed by atoms with Gasteiger partial charge in [-0.15, -0.1) is 5.10 Å². The SMILES string of the molecule is CCCCCCCCCCCC(=O)N1Cc2cc(Br)ccc2-c2c(nnn2-c2ccc(C(C)(C)C)cc2)-c2ccc(Br)cc21. The Bertz CT molecular complexity index is 1590. The standard InChI is InChI=1S/C37H44Br2N4O/c1-5-6-7-8-9-10-11-12-13-14-34(44)42-25-26-23-28(38)17-21-31(26)36-35(32-22-18-29(39)24-33(32)42)40-41-43(36)30-19-15-27(16-20-30)37(2,3)4/h15-24H,5-14,25H2,1-4H3. The van der Waals surface area contributed by atoms with E-state index in [1.165, 1.54) is 50.5 Å². The summed E-state index contributed by atoms with van der Waals surface area (Å²) in [5.41, 5.74) is 7.86. The molecule has 0 bridgehead atoms. The summed E-state index contributed by atoms with van der Waals surface area (Å²) in [6.45, 7) is 9.39. The number of amides is 1. The minimum absolute atomic E-state index is 0.0607. The average Bonchev–Trinajstić information content (AvgIpc) is 3.42. The number of aromatic nitrogens is 3. The number of unbranched alkanes of at least 4 members (excludes halogenated alkanes) is 8. The van der Waals surface area contributed by atoms with Crippen molar-refractivity contribution in [3.63, 3.8) is 0 Å². The first-order valence-electron chi connectivity index (χ1n) is 16.1. The number of carbonyl (C=O) groups excluding carboxylic acids is 1. The fourth-order valence-electron chi connectivity index (χ4n) is 6.04. The fourth-order valence-corrected chi connectivity index (χ4v) is 6.80. The van der Waals surface area contributed by atoms with Crippen molar-refractivity contribution >= 4 is 43.5 Å². The first-order valence-corrected chi connectivity index (χ1v) is 17.7. The molecule has 3 aromatic carbocycles. The van der Waals surface area contributed by atoms with Crippen molar-refractivity contribution < 1.29 is 4.79 Å². The molecule has 5 nitrogen and oxygen atoms in total. The van der Waals surface area contributed by atoms with Crippen LogP contribution in [0.1, 0.15) is 103 Å². The van der Waals surface area contributed by atoms with Gasteiger partial charge in [-0.05, 0) is 65.4 Å². The molecule has 0 saturated carbocycles. The number of anilines is 1. The summed E-state index contributed by atoms with van der Waals surface area (Å²) in [6, 6.07) is 21.0. The second-order valence-electron chi connectivity index (χ2n) is 13.0. The van der Waals surface area contributed by atoms with Crippen LogP contribution in [0.5, 0.6) is 0 Å². The molecule has 2 heterocycles. The highest BCUT2D eigenvalue weighted by molar-refractivity contribution is 9.10. The summed E-state index contributed by atoms with van der Waals surface area (Å²) in [5.74, 6) is 0.145. The number of halogens is 2. The first kappa shape index (κ1) is 32.6. The van der Waals surface area contributed by atoms with Crippen LogP contribution in [0.2, 0.25) is 0 Å². The quantitative estimate of drug-likeness (QED) is 0.145. The molecule has 1 aliphatic rings. The number of carbonyl (C=O) groups is 1. The Labute approximate surface area is 279 Å². The van der Waals surface area contributed by atoms with Gasteiger partial charge in [0.05, 0.1) is 17.9 Å². The molecule has 232 valence electrons. The molecule has 0 unspecified atom stereocenters. The summed E-state index contributed by atoms with van der Waals surface area (Å²) < 4.78 is 3.85.